The number of imidazole rings is 1. The highest BCUT2D eigenvalue weighted by Crippen LogP contribution is 2.52. The van der Waals surface area contributed by atoms with Gasteiger partial charge >= 0.3 is 0 Å². The molecule has 5 heterocycles. The zero-order chi connectivity index (χ0) is 41.0. The van der Waals surface area contributed by atoms with Crippen molar-refractivity contribution in [2.24, 2.45) is 0 Å². The first-order valence-electron chi connectivity index (χ1n) is 19.8. The molecule has 14 heteroatoms. The van der Waals surface area contributed by atoms with Crippen LogP contribution in [0.5, 0.6) is 0 Å². The molecule has 0 bridgehead atoms. The molecular weight excluding hydrogens is 787 g/mol. The van der Waals surface area contributed by atoms with Gasteiger partial charge in [-0.05, 0) is 95.2 Å². The molecule has 0 unspecified atom stereocenters. The number of nitrogen functional groups attached to an aromatic ring is 1. The van der Waals surface area contributed by atoms with Gasteiger partial charge in [0.05, 0.1) is 11.5 Å². The Bertz CT molecular complexity index is 2250. The van der Waals surface area contributed by atoms with Crippen molar-refractivity contribution in [3.05, 3.63) is 53.0 Å². The Kier molecular flexibility index (Phi) is 10.6. The van der Waals surface area contributed by atoms with Gasteiger partial charge in [-0.3, -0.25) is 4.57 Å². The van der Waals surface area contributed by atoms with E-state index in [0.29, 0.717) is 23.6 Å². The maximum atomic E-state index is 7.58. The standard InChI is InChI=1S/C42H61N5O4S2Si3/c1-40(2,3)54(10,11)48-23-27-34(50-55(12,13)41(4,5)6)35(51-56(14,15)42(7,8)9)39(49-27)47-37(46-33-36(43)44-24-45-38(33)47)30-22-26-17-18-28-31-25(20-21-52-28)16-19-29(53-30)32(26)31/h16-22,24,27,34-35,39H,23H2,1-15H3,(H2,43,44,45)/t27-,34-,35-,39-/m1/s1. The molecule has 56 heavy (non-hydrogen) atoms. The monoisotopic (exact) mass is 847 g/mol. The van der Waals surface area contributed by atoms with Crippen molar-refractivity contribution in [2.45, 2.75) is 151 Å². The van der Waals surface area contributed by atoms with Crippen LogP contribution in [0.2, 0.25) is 54.4 Å². The van der Waals surface area contributed by atoms with Crippen LogP contribution in [-0.2, 0) is 18.0 Å². The second kappa shape index (κ2) is 14.2. The Balaban J connectivity index is 1.43. The molecule has 2 aromatic heterocycles. The van der Waals surface area contributed by atoms with Gasteiger partial charge in [-0.2, -0.15) is 0 Å². The summed E-state index contributed by atoms with van der Waals surface area (Å²) in [7, 11) is -6.96. The summed E-state index contributed by atoms with van der Waals surface area (Å²) in [5.74, 6) is 1.04. The van der Waals surface area contributed by atoms with Gasteiger partial charge in [0.2, 0.25) is 0 Å². The van der Waals surface area contributed by atoms with Gasteiger partial charge in [0.25, 0.3) is 0 Å². The van der Waals surface area contributed by atoms with E-state index >= 15 is 0 Å². The second-order valence-corrected chi connectivity index (χ2v) is 36.5. The first-order valence-corrected chi connectivity index (χ1v) is 30.2. The highest BCUT2D eigenvalue weighted by molar-refractivity contribution is 8.08. The summed E-state index contributed by atoms with van der Waals surface area (Å²) < 4.78 is 31.6. The van der Waals surface area contributed by atoms with Crippen molar-refractivity contribution in [1.82, 2.24) is 19.5 Å². The number of hydrogen-bond acceptors (Lipinski definition) is 10. The first kappa shape index (κ1) is 41.9. The largest absolute Gasteiger partial charge is 0.414 e. The zero-order valence-electron chi connectivity index (χ0n) is 36.0. The molecule has 0 spiro atoms. The lowest BCUT2D eigenvalue weighted by Gasteiger charge is -2.44. The molecule has 3 aliphatic rings. The summed E-state index contributed by atoms with van der Waals surface area (Å²) in [5.41, 5.74) is 10.2. The topological polar surface area (TPSA) is 107 Å². The normalized spacial score (nSPS) is 22.0. The van der Waals surface area contributed by atoms with Crippen molar-refractivity contribution in [1.29, 1.82) is 0 Å². The number of thioether (sulfide) groups is 2. The number of aromatic nitrogens is 4. The van der Waals surface area contributed by atoms with E-state index in [2.05, 4.69) is 153 Å². The highest BCUT2D eigenvalue weighted by atomic mass is 32.2. The van der Waals surface area contributed by atoms with Crippen LogP contribution in [0.3, 0.4) is 0 Å². The van der Waals surface area contributed by atoms with Crippen LogP contribution in [-0.4, -0.2) is 69.4 Å². The highest BCUT2D eigenvalue weighted by Gasteiger charge is 2.56. The lowest BCUT2D eigenvalue weighted by molar-refractivity contribution is -0.0473. The number of benzene rings is 2. The van der Waals surface area contributed by atoms with Crippen LogP contribution < -0.4 is 5.73 Å². The summed E-state index contributed by atoms with van der Waals surface area (Å²) in [6, 6.07) is 8.92. The predicted octanol–water partition coefficient (Wildman–Crippen LogP) is 11.9. The molecule has 9 nitrogen and oxygen atoms in total. The van der Waals surface area contributed by atoms with Gasteiger partial charge in [-0.1, -0.05) is 98.0 Å². The number of hydrogen-bond donors (Lipinski definition) is 1. The molecule has 4 aromatic rings. The SMILES string of the molecule is CC(C)(C)[Si](C)(C)OC[C@H]1O[C@@H](n2c(C3=Cc4ccc5c6c(ccc(c46)S3)C=CS5)nc3c(N)ncnc32)[C@H](O[Si](C)(C)C(C)(C)C)[C@@H]1O[Si](C)(C)C(C)(C)C. The van der Waals surface area contributed by atoms with E-state index in [1.54, 1.807) is 23.5 Å². The molecule has 7 rings (SSSR count). The number of fused-ring (bicyclic) bond motifs is 1. The zero-order valence-corrected chi connectivity index (χ0v) is 40.6. The second-order valence-electron chi connectivity index (χ2n) is 20.1. The van der Waals surface area contributed by atoms with Crippen molar-refractivity contribution in [2.75, 3.05) is 12.3 Å². The van der Waals surface area contributed by atoms with E-state index in [1.165, 1.54) is 32.5 Å². The minimum Gasteiger partial charge on any atom is -0.414 e. The Labute approximate surface area is 345 Å². The van der Waals surface area contributed by atoms with Gasteiger partial charge in [-0.15, -0.1) is 0 Å². The van der Waals surface area contributed by atoms with Crippen molar-refractivity contribution in [3.63, 3.8) is 0 Å². The molecule has 0 aliphatic carbocycles. The van der Waals surface area contributed by atoms with E-state index in [0.717, 1.165) is 16.3 Å². The van der Waals surface area contributed by atoms with Crippen molar-refractivity contribution < 1.29 is 18.0 Å². The fourth-order valence-corrected chi connectivity index (χ4v) is 12.3. The Morgan fingerprint density at radius 1 is 0.768 bits per heavy atom. The third-order valence-electron chi connectivity index (χ3n) is 13.3. The summed E-state index contributed by atoms with van der Waals surface area (Å²) in [4.78, 5) is 18.0. The van der Waals surface area contributed by atoms with Gasteiger partial charge in [0.1, 0.15) is 24.6 Å². The summed E-state index contributed by atoms with van der Waals surface area (Å²) >= 11 is 3.50. The van der Waals surface area contributed by atoms with E-state index < -0.39 is 49.5 Å². The Morgan fingerprint density at radius 2 is 1.36 bits per heavy atom. The van der Waals surface area contributed by atoms with Crippen LogP contribution in [0.4, 0.5) is 5.82 Å². The third kappa shape index (κ3) is 7.33. The molecule has 0 saturated carbocycles. The fraction of sp³-hybridized carbons (Fsp3) is 0.548. The number of nitrogens with two attached hydrogens (primary N) is 1. The molecule has 1 saturated heterocycles. The predicted molar refractivity (Wildman–Crippen MR) is 244 cm³/mol. The summed E-state index contributed by atoms with van der Waals surface area (Å²) in [6.45, 7) is 34.7. The molecule has 2 aromatic carbocycles. The average molecular weight is 848 g/mol. The lowest BCUT2D eigenvalue weighted by Crippen LogP contribution is -2.54. The minimum atomic E-state index is -2.43. The number of ether oxygens (including phenoxy) is 1. The molecule has 0 amide bonds. The number of nitrogens with zero attached hydrogens (tertiary/aromatic N) is 4. The molecule has 0 radical (unpaired) electrons. The van der Waals surface area contributed by atoms with E-state index in [9.17, 15) is 0 Å². The molecule has 4 atom stereocenters. The number of rotatable bonds is 9. The average Bonchev–Trinajstić information content (AvgIpc) is 3.62. The summed E-state index contributed by atoms with van der Waals surface area (Å²) in [5, 5.41) is 4.66. The molecular formula is C42H61N5O4S2Si3. The maximum absolute atomic E-state index is 7.58. The van der Waals surface area contributed by atoms with Crippen molar-refractivity contribution >= 4 is 93.3 Å². The Hall–Kier alpha value is -2.28. The first-order chi connectivity index (χ1) is 25.8. The number of anilines is 1. The van der Waals surface area contributed by atoms with Crippen LogP contribution in [0.25, 0.3) is 39.0 Å². The van der Waals surface area contributed by atoms with Gasteiger partial charge in [-0.25, -0.2) is 15.0 Å². The van der Waals surface area contributed by atoms with Gasteiger partial charge in [0.15, 0.2) is 54.0 Å². The molecule has 2 N–H and O–H groups in total. The van der Waals surface area contributed by atoms with Crippen LogP contribution >= 0.6 is 23.5 Å². The fourth-order valence-electron chi connectivity index (χ4n) is 6.71. The van der Waals surface area contributed by atoms with E-state index in [-0.39, 0.29) is 15.1 Å². The quantitative estimate of drug-likeness (QED) is 0.164. The summed E-state index contributed by atoms with van der Waals surface area (Å²) in [6.07, 6.45) is 4.05. The van der Waals surface area contributed by atoms with E-state index in [1.807, 2.05) is 0 Å². The Morgan fingerprint density at radius 3 is 2.00 bits per heavy atom. The third-order valence-corrected chi connectivity index (χ3v) is 28.6. The van der Waals surface area contributed by atoms with Crippen LogP contribution in [0.15, 0.2) is 45.8 Å². The minimum absolute atomic E-state index is 0.0267. The molecule has 1 fully saturated rings. The van der Waals surface area contributed by atoms with Crippen molar-refractivity contribution in [3.8, 4) is 0 Å². The maximum Gasteiger partial charge on any atom is 0.192 e. The smallest absolute Gasteiger partial charge is 0.192 e. The van der Waals surface area contributed by atoms with Crippen LogP contribution in [0.1, 0.15) is 85.5 Å². The van der Waals surface area contributed by atoms with Crippen LogP contribution in [0, 0.1) is 0 Å². The van der Waals surface area contributed by atoms with Gasteiger partial charge in [0, 0.05) is 20.6 Å². The van der Waals surface area contributed by atoms with Gasteiger partial charge < -0.3 is 23.7 Å². The lowest BCUT2D eigenvalue weighted by atomic mass is 9.99. The molecule has 3 aliphatic heterocycles. The molecule has 302 valence electrons. The van der Waals surface area contributed by atoms with E-state index in [4.69, 9.17) is 33.7 Å².